The number of benzene rings is 2. The van der Waals surface area contributed by atoms with Gasteiger partial charge in [0, 0.05) is 36.3 Å². The van der Waals surface area contributed by atoms with Gasteiger partial charge in [-0.3, -0.25) is 4.79 Å². The van der Waals surface area contributed by atoms with Gasteiger partial charge in [-0.25, -0.2) is 0 Å². The molecule has 0 aromatic heterocycles. The summed E-state index contributed by atoms with van der Waals surface area (Å²) < 4.78 is 0. The number of halogens is 1. The van der Waals surface area contributed by atoms with Gasteiger partial charge >= 0.3 is 0 Å². The molecular formula is C18H20ClNO. The van der Waals surface area contributed by atoms with Crippen LogP contribution in [0.15, 0.2) is 42.5 Å². The molecule has 0 aliphatic carbocycles. The van der Waals surface area contributed by atoms with Gasteiger partial charge in [0.15, 0.2) is 5.78 Å². The number of aryl methyl sites for hydroxylation is 2. The summed E-state index contributed by atoms with van der Waals surface area (Å²) >= 11 is 5.92. The third-order valence-corrected chi connectivity index (χ3v) is 3.70. The van der Waals surface area contributed by atoms with Crippen LogP contribution in [0.4, 0.5) is 5.69 Å². The SMILES string of the molecule is Cc1cc(C)cc(N(C)CCC(=O)c2cccc(Cl)c2)c1. The van der Waals surface area contributed by atoms with Crippen molar-refractivity contribution in [3.8, 4) is 0 Å². The lowest BCUT2D eigenvalue weighted by Gasteiger charge is -2.20. The fourth-order valence-electron chi connectivity index (χ4n) is 2.38. The number of nitrogens with zero attached hydrogens (tertiary/aromatic N) is 1. The Labute approximate surface area is 131 Å². The topological polar surface area (TPSA) is 20.3 Å². The summed E-state index contributed by atoms with van der Waals surface area (Å²) in [7, 11) is 2.01. The first-order valence-corrected chi connectivity index (χ1v) is 7.42. The Hall–Kier alpha value is -1.80. The third kappa shape index (κ3) is 4.33. The maximum absolute atomic E-state index is 12.2. The molecule has 0 spiro atoms. The Morgan fingerprint density at radius 1 is 1.10 bits per heavy atom. The molecule has 0 fully saturated rings. The summed E-state index contributed by atoms with van der Waals surface area (Å²) in [5.41, 5.74) is 4.29. The first kappa shape index (κ1) is 15.6. The highest BCUT2D eigenvalue weighted by atomic mass is 35.5. The summed E-state index contributed by atoms with van der Waals surface area (Å²) in [5, 5.41) is 0.600. The molecule has 0 aliphatic heterocycles. The lowest BCUT2D eigenvalue weighted by Crippen LogP contribution is -2.21. The van der Waals surface area contributed by atoms with Gasteiger partial charge in [0.1, 0.15) is 0 Å². The molecule has 0 saturated heterocycles. The highest BCUT2D eigenvalue weighted by molar-refractivity contribution is 6.31. The molecule has 3 heteroatoms. The normalized spacial score (nSPS) is 10.5. The maximum atomic E-state index is 12.2. The third-order valence-electron chi connectivity index (χ3n) is 3.47. The number of Topliss-reactive ketones (excluding diaryl/α,β-unsaturated/α-hetero) is 1. The number of hydrogen-bond donors (Lipinski definition) is 0. The predicted molar refractivity (Wildman–Crippen MR) is 89.6 cm³/mol. The number of carbonyl (C=O) groups is 1. The van der Waals surface area contributed by atoms with Gasteiger partial charge < -0.3 is 4.90 Å². The number of rotatable bonds is 5. The average molecular weight is 302 g/mol. The summed E-state index contributed by atoms with van der Waals surface area (Å²) in [5.74, 6) is 0.119. The minimum absolute atomic E-state index is 0.119. The zero-order valence-corrected chi connectivity index (χ0v) is 13.4. The number of anilines is 1. The minimum atomic E-state index is 0.119. The van der Waals surface area contributed by atoms with Crippen LogP contribution >= 0.6 is 11.6 Å². The van der Waals surface area contributed by atoms with Crippen LogP contribution in [0.3, 0.4) is 0 Å². The van der Waals surface area contributed by atoms with Crippen LogP contribution in [-0.4, -0.2) is 19.4 Å². The zero-order chi connectivity index (χ0) is 15.4. The summed E-state index contributed by atoms with van der Waals surface area (Å²) in [6.45, 7) is 4.86. The molecule has 2 rings (SSSR count). The highest BCUT2D eigenvalue weighted by Crippen LogP contribution is 2.18. The Bertz CT molecular complexity index is 631. The number of ketones is 1. The minimum Gasteiger partial charge on any atom is -0.374 e. The van der Waals surface area contributed by atoms with E-state index >= 15 is 0 Å². The standard InChI is InChI=1S/C18H20ClNO/c1-13-9-14(2)11-17(10-13)20(3)8-7-18(21)15-5-4-6-16(19)12-15/h4-6,9-12H,7-8H2,1-3H3. The summed E-state index contributed by atoms with van der Waals surface area (Å²) in [4.78, 5) is 14.3. The molecule has 0 unspecified atom stereocenters. The molecular weight excluding hydrogens is 282 g/mol. The van der Waals surface area contributed by atoms with Crippen LogP contribution in [0.2, 0.25) is 5.02 Å². The first-order chi connectivity index (χ1) is 9.95. The van der Waals surface area contributed by atoms with Crippen molar-refractivity contribution >= 4 is 23.1 Å². The van der Waals surface area contributed by atoms with E-state index in [4.69, 9.17) is 11.6 Å². The van der Waals surface area contributed by atoms with Crippen molar-refractivity contribution in [1.29, 1.82) is 0 Å². The smallest absolute Gasteiger partial charge is 0.164 e. The Morgan fingerprint density at radius 3 is 2.38 bits per heavy atom. The Balaban J connectivity index is 2.00. The van der Waals surface area contributed by atoms with Gasteiger partial charge in [-0.05, 0) is 49.2 Å². The quantitative estimate of drug-likeness (QED) is 0.748. The van der Waals surface area contributed by atoms with E-state index in [2.05, 4.69) is 36.9 Å². The van der Waals surface area contributed by atoms with Gasteiger partial charge in [-0.15, -0.1) is 0 Å². The van der Waals surface area contributed by atoms with Crippen molar-refractivity contribution in [2.75, 3.05) is 18.5 Å². The molecule has 0 amide bonds. The van der Waals surface area contributed by atoms with Crippen molar-refractivity contribution < 1.29 is 4.79 Å². The van der Waals surface area contributed by atoms with Crippen LogP contribution in [0.1, 0.15) is 27.9 Å². The van der Waals surface area contributed by atoms with Gasteiger partial charge in [0.2, 0.25) is 0 Å². The molecule has 0 saturated carbocycles. The van der Waals surface area contributed by atoms with Crippen LogP contribution in [0.25, 0.3) is 0 Å². The molecule has 0 bridgehead atoms. The van der Waals surface area contributed by atoms with Gasteiger partial charge in [0.05, 0.1) is 0 Å². The lowest BCUT2D eigenvalue weighted by atomic mass is 10.1. The van der Waals surface area contributed by atoms with Gasteiger partial charge in [-0.2, -0.15) is 0 Å². The lowest BCUT2D eigenvalue weighted by molar-refractivity contribution is 0.0985. The van der Waals surface area contributed by atoms with Gasteiger partial charge in [0.25, 0.3) is 0 Å². The first-order valence-electron chi connectivity index (χ1n) is 7.04. The second kappa shape index (κ2) is 6.77. The summed E-state index contributed by atoms with van der Waals surface area (Å²) in [6.07, 6.45) is 0.476. The molecule has 110 valence electrons. The monoisotopic (exact) mass is 301 g/mol. The average Bonchev–Trinajstić information content (AvgIpc) is 2.43. The zero-order valence-electron chi connectivity index (χ0n) is 12.7. The maximum Gasteiger partial charge on any atom is 0.164 e. The van der Waals surface area contributed by atoms with E-state index in [9.17, 15) is 4.79 Å². The largest absolute Gasteiger partial charge is 0.374 e. The highest BCUT2D eigenvalue weighted by Gasteiger charge is 2.09. The van der Waals surface area contributed by atoms with Crippen LogP contribution in [-0.2, 0) is 0 Å². The molecule has 0 N–H and O–H groups in total. The molecule has 21 heavy (non-hydrogen) atoms. The van der Waals surface area contributed by atoms with Crippen molar-refractivity contribution in [2.24, 2.45) is 0 Å². The molecule has 2 nitrogen and oxygen atoms in total. The van der Waals surface area contributed by atoms with E-state index in [-0.39, 0.29) is 5.78 Å². The van der Waals surface area contributed by atoms with E-state index in [1.807, 2.05) is 19.2 Å². The van der Waals surface area contributed by atoms with E-state index in [0.29, 0.717) is 23.6 Å². The number of hydrogen-bond acceptors (Lipinski definition) is 2. The van der Waals surface area contributed by atoms with E-state index < -0.39 is 0 Å². The summed E-state index contributed by atoms with van der Waals surface area (Å²) in [6, 6.07) is 13.5. The molecule has 2 aromatic carbocycles. The predicted octanol–water partition coefficient (Wildman–Crippen LogP) is 4.67. The molecule has 2 aromatic rings. The second-order valence-electron chi connectivity index (χ2n) is 5.45. The van der Waals surface area contributed by atoms with Crippen molar-refractivity contribution in [1.82, 2.24) is 0 Å². The van der Waals surface area contributed by atoms with E-state index in [1.54, 1.807) is 12.1 Å². The van der Waals surface area contributed by atoms with Crippen LogP contribution in [0, 0.1) is 13.8 Å². The van der Waals surface area contributed by atoms with Crippen LogP contribution < -0.4 is 4.90 Å². The Kier molecular flexibility index (Phi) is 5.03. The van der Waals surface area contributed by atoms with Crippen LogP contribution in [0.5, 0.6) is 0 Å². The molecule has 0 aliphatic rings. The van der Waals surface area contributed by atoms with E-state index in [0.717, 1.165) is 5.69 Å². The van der Waals surface area contributed by atoms with Crippen molar-refractivity contribution in [2.45, 2.75) is 20.3 Å². The molecule has 0 atom stereocenters. The Morgan fingerprint density at radius 2 is 1.76 bits per heavy atom. The molecule has 0 radical (unpaired) electrons. The number of carbonyl (C=O) groups excluding carboxylic acids is 1. The fraction of sp³-hybridized carbons (Fsp3) is 0.278. The van der Waals surface area contributed by atoms with E-state index in [1.165, 1.54) is 11.1 Å². The molecule has 0 heterocycles. The van der Waals surface area contributed by atoms with Crippen molar-refractivity contribution in [3.05, 3.63) is 64.2 Å². The fourth-order valence-corrected chi connectivity index (χ4v) is 2.57. The second-order valence-corrected chi connectivity index (χ2v) is 5.89. The van der Waals surface area contributed by atoms with Crippen molar-refractivity contribution in [3.63, 3.8) is 0 Å². The van der Waals surface area contributed by atoms with Gasteiger partial charge in [-0.1, -0.05) is 29.8 Å².